The van der Waals surface area contributed by atoms with Gasteiger partial charge in [-0.2, -0.15) is 0 Å². The molecule has 1 atom stereocenters. The summed E-state index contributed by atoms with van der Waals surface area (Å²) >= 11 is 0. The van der Waals surface area contributed by atoms with Crippen LogP contribution in [0, 0.1) is 0 Å². The maximum Gasteiger partial charge on any atom is 0.306 e. The molecule has 0 radical (unpaired) electrons. The van der Waals surface area contributed by atoms with Crippen LogP contribution < -0.4 is 0 Å². The molecule has 0 saturated carbocycles. The molecular formula is C59H98O6. The molecule has 65 heavy (non-hydrogen) atoms. The molecule has 0 aromatic rings. The number of hydrogen-bond acceptors (Lipinski definition) is 6. The van der Waals surface area contributed by atoms with Crippen LogP contribution in [0.2, 0.25) is 0 Å². The first-order valence-corrected chi connectivity index (χ1v) is 26.8. The molecular weight excluding hydrogens is 805 g/mol. The summed E-state index contributed by atoms with van der Waals surface area (Å²) in [4.78, 5) is 38.0. The van der Waals surface area contributed by atoms with Crippen LogP contribution in [0.1, 0.15) is 239 Å². The minimum atomic E-state index is -0.805. The Morgan fingerprint density at radius 3 is 0.954 bits per heavy atom. The molecule has 0 fully saturated rings. The average molecular weight is 903 g/mol. The van der Waals surface area contributed by atoms with E-state index in [2.05, 4.69) is 63.3 Å². The average Bonchev–Trinajstić information content (AvgIpc) is 3.30. The summed E-state index contributed by atoms with van der Waals surface area (Å²) in [6, 6.07) is 0. The Labute approximate surface area is 400 Å². The zero-order valence-corrected chi connectivity index (χ0v) is 42.2. The number of ether oxygens (including phenoxy) is 3. The fourth-order valence-corrected chi connectivity index (χ4v) is 7.29. The molecule has 6 heteroatoms. The molecule has 0 aromatic carbocycles. The van der Waals surface area contributed by atoms with Crippen molar-refractivity contribution in [2.75, 3.05) is 13.2 Å². The van der Waals surface area contributed by atoms with Crippen LogP contribution in [-0.2, 0) is 28.6 Å². The van der Waals surface area contributed by atoms with E-state index in [1.165, 1.54) is 103 Å². The van der Waals surface area contributed by atoms with Crippen molar-refractivity contribution < 1.29 is 28.6 Å². The van der Waals surface area contributed by atoms with Gasteiger partial charge in [-0.15, -0.1) is 0 Å². The third kappa shape index (κ3) is 51.2. The topological polar surface area (TPSA) is 78.9 Å². The Morgan fingerprint density at radius 1 is 0.323 bits per heavy atom. The fourth-order valence-electron chi connectivity index (χ4n) is 7.29. The zero-order valence-electron chi connectivity index (χ0n) is 42.2. The minimum absolute atomic E-state index is 0.0993. The molecule has 0 aliphatic carbocycles. The molecule has 370 valence electrons. The summed E-state index contributed by atoms with van der Waals surface area (Å²) in [5.41, 5.74) is 0. The number of hydrogen-bond donors (Lipinski definition) is 0. The molecule has 1 unspecified atom stereocenters. The number of unbranched alkanes of at least 4 members (excludes halogenated alkanes) is 26. The normalized spacial score (nSPS) is 12.8. The van der Waals surface area contributed by atoms with Crippen molar-refractivity contribution in [1.29, 1.82) is 0 Å². The van der Waals surface area contributed by atoms with Crippen molar-refractivity contribution >= 4 is 17.9 Å². The Kier molecular flexibility index (Phi) is 50.0. The number of carbonyl (C=O) groups excluding carboxylic acids is 3. The Bertz CT molecular complexity index is 1310. The smallest absolute Gasteiger partial charge is 0.306 e. The highest BCUT2D eigenvalue weighted by molar-refractivity contribution is 5.71. The summed E-state index contributed by atoms with van der Waals surface area (Å²) < 4.78 is 16.8. The van der Waals surface area contributed by atoms with Crippen molar-refractivity contribution in [1.82, 2.24) is 0 Å². The first-order valence-electron chi connectivity index (χ1n) is 26.8. The van der Waals surface area contributed by atoms with Crippen molar-refractivity contribution in [2.24, 2.45) is 0 Å². The van der Waals surface area contributed by atoms with Gasteiger partial charge >= 0.3 is 17.9 Å². The van der Waals surface area contributed by atoms with Gasteiger partial charge in [-0.05, 0) is 57.8 Å². The van der Waals surface area contributed by atoms with Gasteiger partial charge in [0.05, 0.1) is 0 Å². The quantitative estimate of drug-likeness (QED) is 0.0262. The predicted octanol–water partition coefficient (Wildman–Crippen LogP) is 17.8. The van der Waals surface area contributed by atoms with Crippen LogP contribution in [0.3, 0.4) is 0 Å². The molecule has 0 spiro atoms. The van der Waals surface area contributed by atoms with Crippen LogP contribution in [0.25, 0.3) is 0 Å². The molecule has 0 aromatic heterocycles. The lowest BCUT2D eigenvalue weighted by Gasteiger charge is -2.18. The summed E-state index contributed by atoms with van der Waals surface area (Å²) in [5.74, 6) is -0.962. The minimum Gasteiger partial charge on any atom is -0.462 e. The lowest BCUT2D eigenvalue weighted by molar-refractivity contribution is -0.167. The lowest BCUT2D eigenvalue weighted by Crippen LogP contribution is -2.30. The first-order chi connectivity index (χ1) is 32.0. The molecule has 0 amide bonds. The van der Waals surface area contributed by atoms with Gasteiger partial charge in [-0.3, -0.25) is 14.4 Å². The number of allylic oxidation sites excluding steroid dienone is 16. The second-order valence-corrected chi connectivity index (χ2v) is 17.6. The van der Waals surface area contributed by atoms with E-state index in [0.717, 1.165) is 96.3 Å². The van der Waals surface area contributed by atoms with E-state index in [9.17, 15) is 14.4 Å². The van der Waals surface area contributed by atoms with E-state index in [1.807, 2.05) is 54.7 Å². The van der Waals surface area contributed by atoms with Crippen molar-refractivity contribution in [3.63, 3.8) is 0 Å². The predicted molar refractivity (Wildman–Crippen MR) is 279 cm³/mol. The molecule has 0 bridgehead atoms. The second kappa shape index (κ2) is 52.9. The third-order valence-corrected chi connectivity index (χ3v) is 11.3. The van der Waals surface area contributed by atoms with Gasteiger partial charge in [0, 0.05) is 19.3 Å². The largest absolute Gasteiger partial charge is 0.462 e. The Morgan fingerprint density at radius 2 is 0.600 bits per heavy atom. The van der Waals surface area contributed by atoms with Crippen molar-refractivity contribution in [3.8, 4) is 0 Å². The van der Waals surface area contributed by atoms with E-state index in [-0.39, 0.29) is 31.1 Å². The van der Waals surface area contributed by atoms with Gasteiger partial charge in [0.1, 0.15) is 13.2 Å². The summed E-state index contributed by atoms with van der Waals surface area (Å²) in [7, 11) is 0. The van der Waals surface area contributed by atoms with Gasteiger partial charge in [0.25, 0.3) is 0 Å². The number of carbonyl (C=O) groups is 3. The van der Waals surface area contributed by atoms with Crippen molar-refractivity contribution in [2.45, 2.75) is 245 Å². The fraction of sp³-hybridized carbons (Fsp3) is 0.678. The van der Waals surface area contributed by atoms with Gasteiger partial charge in [-0.25, -0.2) is 0 Å². The van der Waals surface area contributed by atoms with Crippen LogP contribution in [0.15, 0.2) is 97.2 Å². The van der Waals surface area contributed by atoms with Gasteiger partial charge in [0.15, 0.2) is 6.10 Å². The number of esters is 3. The van der Waals surface area contributed by atoms with E-state index in [0.29, 0.717) is 19.3 Å². The number of rotatable bonds is 47. The standard InChI is InChI=1S/C59H98O6/c1-4-7-10-13-16-19-22-25-27-28-29-30-32-34-37-40-43-46-49-52-58(61)64-55-56(54-63-57(60)51-48-45-42-39-36-33-24-21-18-15-12-9-6-3)65-59(62)53-50-47-44-41-38-35-31-26-23-20-17-14-11-8-5-2/h8-9,11-12,14-15,17-18,20-21,23-24,26,31,33,36,56H,4-7,10,13,16,19,22,25,27-30,32,34-35,37-55H2,1-3H3/b11-8+,12-9+,17-14+,18-15+,23-20+,24-21+,31-26+,36-33+. The lowest BCUT2D eigenvalue weighted by atomic mass is 10.0. The highest BCUT2D eigenvalue weighted by Crippen LogP contribution is 2.16. The molecule has 0 saturated heterocycles. The molecule has 0 heterocycles. The molecule has 0 N–H and O–H groups in total. The Hall–Kier alpha value is -3.67. The van der Waals surface area contributed by atoms with Gasteiger partial charge in [0.2, 0.25) is 0 Å². The van der Waals surface area contributed by atoms with Gasteiger partial charge < -0.3 is 14.2 Å². The van der Waals surface area contributed by atoms with Crippen LogP contribution in [-0.4, -0.2) is 37.2 Å². The highest BCUT2D eigenvalue weighted by atomic mass is 16.6. The zero-order chi connectivity index (χ0) is 47.2. The molecule has 0 aliphatic rings. The van der Waals surface area contributed by atoms with Crippen molar-refractivity contribution in [3.05, 3.63) is 97.2 Å². The molecule has 0 aliphatic heterocycles. The molecule has 6 nitrogen and oxygen atoms in total. The van der Waals surface area contributed by atoms with E-state index in [1.54, 1.807) is 0 Å². The van der Waals surface area contributed by atoms with E-state index < -0.39 is 6.10 Å². The van der Waals surface area contributed by atoms with Crippen LogP contribution >= 0.6 is 0 Å². The molecule has 0 rings (SSSR count). The Balaban J connectivity index is 4.42. The SMILES string of the molecule is CC/C=C/C=C/C=C/C=C/CCCCCCCC(=O)OC(COC(=O)CCCCC/C=C/C=C/C=C/C=C/CC)COC(=O)CCCCCCCCCCCCCCCCCCCCC. The van der Waals surface area contributed by atoms with Gasteiger partial charge in [-0.1, -0.05) is 259 Å². The third-order valence-electron chi connectivity index (χ3n) is 11.3. The van der Waals surface area contributed by atoms with E-state index >= 15 is 0 Å². The monoisotopic (exact) mass is 903 g/mol. The van der Waals surface area contributed by atoms with E-state index in [4.69, 9.17) is 14.2 Å². The second-order valence-electron chi connectivity index (χ2n) is 17.6. The summed E-state index contributed by atoms with van der Waals surface area (Å²) in [5, 5.41) is 0. The maximum atomic E-state index is 12.8. The first kappa shape index (κ1) is 61.3. The maximum absolute atomic E-state index is 12.8. The summed E-state index contributed by atoms with van der Waals surface area (Å²) in [6.45, 7) is 6.31. The van der Waals surface area contributed by atoms with Crippen LogP contribution in [0.5, 0.6) is 0 Å². The van der Waals surface area contributed by atoms with Crippen LogP contribution in [0.4, 0.5) is 0 Å². The summed E-state index contributed by atoms with van der Waals surface area (Å²) in [6.07, 6.45) is 69.7. The highest BCUT2D eigenvalue weighted by Gasteiger charge is 2.19.